The van der Waals surface area contributed by atoms with Crippen molar-refractivity contribution < 1.29 is 19.4 Å². The van der Waals surface area contributed by atoms with Gasteiger partial charge >= 0.3 is 5.97 Å². The predicted octanol–water partition coefficient (Wildman–Crippen LogP) is 4.20. The molecule has 5 heteroatoms. The van der Waals surface area contributed by atoms with Crippen LogP contribution in [-0.4, -0.2) is 28.0 Å². The molecule has 2 aromatic carbocycles. The summed E-state index contributed by atoms with van der Waals surface area (Å²) in [5, 5.41) is 8.61. The highest BCUT2D eigenvalue weighted by atomic mass is 16.5. The lowest BCUT2D eigenvalue weighted by molar-refractivity contribution is -0.139. The van der Waals surface area contributed by atoms with Gasteiger partial charge in [0.1, 0.15) is 5.75 Å². The molecule has 0 saturated carbocycles. The smallest absolute Gasteiger partial charge is 0.341 e. The third-order valence-corrected chi connectivity index (χ3v) is 4.20. The lowest BCUT2D eigenvalue weighted by Gasteiger charge is -2.03. The molecule has 28 heavy (non-hydrogen) atoms. The molecule has 0 radical (unpaired) electrons. The average molecular weight is 375 g/mol. The van der Waals surface area contributed by atoms with Crippen molar-refractivity contribution in [1.29, 1.82) is 0 Å². The number of aliphatic carboxylic acids is 1. The highest BCUT2D eigenvalue weighted by Crippen LogP contribution is 2.14. The van der Waals surface area contributed by atoms with E-state index in [0.717, 1.165) is 11.1 Å². The van der Waals surface area contributed by atoms with Crippen molar-refractivity contribution in [3.05, 3.63) is 95.3 Å². The van der Waals surface area contributed by atoms with Gasteiger partial charge in [-0.1, -0.05) is 54.1 Å². The second kappa shape index (κ2) is 8.86. The van der Waals surface area contributed by atoms with Crippen LogP contribution in [0.3, 0.4) is 0 Å². The first-order valence-electron chi connectivity index (χ1n) is 8.89. The number of hydrogen-bond donors (Lipinski definition) is 1. The van der Waals surface area contributed by atoms with Crippen molar-refractivity contribution in [3.63, 3.8) is 0 Å². The summed E-state index contributed by atoms with van der Waals surface area (Å²) >= 11 is 0. The van der Waals surface area contributed by atoms with Crippen LogP contribution in [0.4, 0.5) is 0 Å². The normalized spacial score (nSPS) is 10.9. The number of nitrogens with zero attached hydrogens (tertiary/aromatic N) is 1. The summed E-state index contributed by atoms with van der Waals surface area (Å²) in [5.74, 6) is -0.472. The van der Waals surface area contributed by atoms with Crippen molar-refractivity contribution in [2.24, 2.45) is 0 Å². The summed E-state index contributed by atoms with van der Waals surface area (Å²) < 4.78 is 7.05. The van der Waals surface area contributed by atoms with Crippen LogP contribution < -0.4 is 4.74 Å². The van der Waals surface area contributed by atoms with Crippen LogP contribution in [0.15, 0.2) is 73.1 Å². The van der Waals surface area contributed by atoms with Gasteiger partial charge in [0.15, 0.2) is 12.4 Å². The number of carboxylic acid groups (broad SMARTS) is 1. The summed E-state index contributed by atoms with van der Waals surface area (Å²) in [5.41, 5.74) is 3.45. The van der Waals surface area contributed by atoms with Gasteiger partial charge in [-0.05, 0) is 30.7 Å². The van der Waals surface area contributed by atoms with Gasteiger partial charge < -0.3 is 14.4 Å². The topological polar surface area (TPSA) is 68.5 Å². The fourth-order valence-electron chi connectivity index (χ4n) is 2.69. The van der Waals surface area contributed by atoms with Gasteiger partial charge in [-0.2, -0.15) is 0 Å². The van der Waals surface area contributed by atoms with E-state index in [9.17, 15) is 9.59 Å². The van der Waals surface area contributed by atoms with Gasteiger partial charge in [0.05, 0.1) is 0 Å². The van der Waals surface area contributed by atoms with E-state index < -0.39 is 5.97 Å². The maximum atomic E-state index is 12.5. The summed E-state index contributed by atoms with van der Waals surface area (Å²) in [6.07, 6.45) is 7.68. The number of aryl methyl sites for hydroxylation is 1. The second-order valence-electron chi connectivity index (χ2n) is 6.45. The number of aromatic nitrogens is 1. The van der Waals surface area contributed by atoms with Crippen molar-refractivity contribution in [2.45, 2.75) is 13.5 Å². The third kappa shape index (κ3) is 5.20. The molecule has 3 aromatic rings. The Labute approximate surface area is 163 Å². The number of carboxylic acids is 1. The molecule has 1 aromatic heterocycles. The molecule has 1 heterocycles. The molecular formula is C23H21NO4. The van der Waals surface area contributed by atoms with E-state index in [4.69, 9.17) is 9.84 Å². The van der Waals surface area contributed by atoms with Crippen LogP contribution in [0.1, 0.15) is 27.0 Å². The summed E-state index contributed by atoms with van der Waals surface area (Å²) in [6.45, 7) is 2.28. The zero-order chi connectivity index (χ0) is 19.9. The molecule has 0 fully saturated rings. The summed E-state index contributed by atoms with van der Waals surface area (Å²) in [6, 6.07) is 16.6. The SMILES string of the molecule is Cc1ccc(C(=O)c2ccn(CC=Cc3ccc(OCC(=O)O)cc3)c2)cc1. The summed E-state index contributed by atoms with van der Waals surface area (Å²) in [4.78, 5) is 23.0. The fraction of sp³-hybridized carbons (Fsp3) is 0.130. The van der Waals surface area contributed by atoms with Gasteiger partial charge in [0, 0.05) is 30.1 Å². The molecule has 0 spiro atoms. The Morgan fingerprint density at radius 3 is 2.39 bits per heavy atom. The highest BCUT2D eigenvalue weighted by molar-refractivity contribution is 6.08. The minimum absolute atomic E-state index is 0.0136. The molecule has 0 saturated heterocycles. The van der Waals surface area contributed by atoms with Crippen LogP contribution in [0.2, 0.25) is 0 Å². The molecule has 0 aliphatic rings. The number of allylic oxidation sites excluding steroid dienone is 1. The highest BCUT2D eigenvalue weighted by Gasteiger charge is 2.09. The van der Waals surface area contributed by atoms with Gasteiger partial charge in [-0.15, -0.1) is 0 Å². The number of benzene rings is 2. The third-order valence-electron chi connectivity index (χ3n) is 4.20. The van der Waals surface area contributed by atoms with Gasteiger partial charge in [-0.3, -0.25) is 4.79 Å². The molecule has 0 atom stereocenters. The molecule has 0 unspecified atom stereocenters. The number of ketones is 1. The van der Waals surface area contributed by atoms with E-state index in [2.05, 4.69) is 0 Å². The first kappa shape index (κ1) is 19.2. The maximum Gasteiger partial charge on any atom is 0.341 e. The van der Waals surface area contributed by atoms with Gasteiger partial charge in [0.25, 0.3) is 0 Å². The Bertz CT molecular complexity index is 982. The lowest BCUT2D eigenvalue weighted by atomic mass is 10.0. The van der Waals surface area contributed by atoms with Crippen molar-refractivity contribution in [3.8, 4) is 5.75 Å². The minimum Gasteiger partial charge on any atom is -0.482 e. The first-order valence-corrected chi connectivity index (χ1v) is 8.89. The number of ether oxygens (including phenoxy) is 1. The largest absolute Gasteiger partial charge is 0.482 e. The van der Waals surface area contributed by atoms with Crippen molar-refractivity contribution in [1.82, 2.24) is 4.57 Å². The quantitative estimate of drug-likeness (QED) is 0.599. The van der Waals surface area contributed by atoms with Crippen molar-refractivity contribution >= 4 is 17.8 Å². The predicted molar refractivity (Wildman–Crippen MR) is 108 cm³/mol. The van der Waals surface area contributed by atoms with Gasteiger partial charge in [-0.25, -0.2) is 4.79 Å². The second-order valence-corrected chi connectivity index (χ2v) is 6.45. The van der Waals surface area contributed by atoms with E-state index in [1.807, 2.05) is 78.5 Å². The molecule has 0 aliphatic heterocycles. The molecular weight excluding hydrogens is 354 g/mol. The zero-order valence-electron chi connectivity index (χ0n) is 15.5. The molecule has 3 rings (SSSR count). The average Bonchev–Trinajstić information content (AvgIpc) is 3.16. The Kier molecular flexibility index (Phi) is 6.07. The molecule has 1 N–H and O–H groups in total. The summed E-state index contributed by atoms with van der Waals surface area (Å²) in [7, 11) is 0. The standard InChI is InChI=1S/C23H21NO4/c1-17-4-8-19(9-5-17)23(27)20-12-14-24(15-20)13-2-3-18-6-10-21(11-7-18)28-16-22(25)26/h2-12,14-15H,13,16H2,1H3,(H,25,26). The number of carbonyl (C=O) groups is 2. The van der Waals surface area contributed by atoms with E-state index in [-0.39, 0.29) is 12.4 Å². The Morgan fingerprint density at radius 2 is 1.71 bits per heavy atom. The Hall–Kier alpha value is -3.60. The Balaban J connectivity index is 1.57. The van der Waals surface area contributed by atoms with E-state index in [1.54, 1.807) is 12.1 Å². The van der Waals surface area contributed by atoms with Crippen LogP contribution in [0, 0.1) is 6.92 Å². The maximum absolute atomic E-state index is 12.5. The van der Waals surface area contributed by atoms with E-state index in [1.165, 1.54) is 0 Å². The first-order chi connectivity index (χ1) is 13.5. The zero-order valence-corrected chi connectivity index (χ0v) is 15.5. The monoisotopic (exact) mass is 375 g/mol. The fourth-order valence-corrected chi connectivity index (χ4v) is 2.69. The lowest BCUT2D eigenvalue weighted by Crippen LogP contribution is -2.09. The van der Waals surface area contributed by atoms with Crippen LogP contribution in [0.5, 0.6) is 5.75 Å². The molecule has 0 amide bonds. The number of hydrogen-bond acceptors (Lipinski definition) is 3. The molecule has 0 bridgehead atoms. The van der Waals surface area contributed by atoms with Crippen LogP contribution >= 0.6 is 0 Å². The number of carbonyl (C=O) groups excluding carboxylic acids is 1. The van der Waals surface area contributed by atoms with Gasteiger partial charge in [0.2, 0.25) is 0 Å². The Morgan fingerprint density at radius 1 is 1.00 bits per heavy atom. The molecule has 142 valence electrons. The van der Waals surface area contributed by atoms with Crippen LogP contribution in [0.25, 0.3) is 6.08 Å². The van der Waals surface area contributed by atoms with Crippen LogP contribution in [-0.2, 0) is 11.3 Å². The van der Waals surface area contributed by atoms with E-state index >= 15 is 0 Å². The molecule has 0 aliphatic carbocycles. The number of rotatable bonds is 8. The molecule has 5 nitrogen and oxygen atoms in total. The van der Waals surface area contributed by atoms with E-state index in [0.29, 0.717) is 23.4 Å². The van der Waals surface area contributed by atoms with Crippen molar-refractivity contribution in [2.75, 3.05) is 6.61 Å². The minimum atomic E-state index is -1.00.